The van der Waals surface area contributed by atoms with Crippen LogP contribution in [0.4, 0.5) is 0 Å². The summed E-state index contributed by atoms with van der Waals surface area (Å²) in [6, 6.07) is 11.3. The summed E-state index contributed by atoms with van der Waals surface area (Å²) in [6.07, 6.45) is 2.98. The van der Waals surface area contributed by atoms with Gasteiger partial charge in [-0.2, -0.15) is 11.8 Å². The molecule has 2 aromatic rings. The fourth-order valence-corrected chi connectivity index (χ4v) is 4.50. The molecule has 0 bridgehead atoms. The summed E-state index contributed by atoms with van der Waals surface area (Å²) >= 11 is 1.47. The minimum absolute atomic E-state index is 0.100. The number of benzene rings is 2. The number of carbonyl (C=O) groups is 4. The molecule has 0 spiro atoms. The van der Waals surface area contributed by atoms with E-state index in [0.29, 0.717) is 12.2 Å². The molecule has 0 aromatic heterocycles. The molecule has 0 heterocycles. The largest absolute Gasteiger partial charge is 0.508 e. The maximum atomic E-state index is 13.5. The van der Waals surface area contributed by atoms with Crippen molar-refractivity contribution in [2.45, 2.75) is 63.7 Å². The van der Waals surface area contributed by atoms with Crippen LogP contribution in [0.5, 0.6) is 5.75 Å². The Bertz CT molecular complexity index is 1120. The van der Waals surface area contributed by atoms with Gasteiger partial charge in [-0.05, 0) is 54.0 Å². The number of phenols is 1. The molecule has 0 saturated carbocycles. The van der Waals surface area contributed by atoms with Gasteiger partial charge < -0.3 is 31.9 Å². The van der Waals surface area contributed by atoms with Crippen LogP contribution in [0.2, 0.25) is 0 Å². The second kappa shape index (κ2) is 16.5. The number of carboxylic acids is 1. The van der Waals surface area contributed by atoms with Crippen molar-refractivity contribution in [2.75, 3.05) is 12.0 Å². The lowest BCUT2D eigenvalue weighted by molar-refractivity contribution is -0.142. The molecule has 5 atom stereocenters. The van der Waals surface area contributed by atoms with Crippen LogP contribution in [0.3, 0.4) is 0 Å². The van der Waals surface area contributed by atoms with Crippen molar-refractivity contribution in [3.63, 3.8) is 0 Å². The van der Waals surface area contributed by atoms with Gasteiger partial charge in [-0.1, -0.05) is 62.7 Å². The van der Waals surface area contributed by atoms with E-state index in [9.17, 15) is 29.4 Å². The van der Waals surface area contributed by atoms with Crippen molar-refractivity contribution < 1.29 is 29.4 Å². The van der Waals surface area contributed by atoms with Crippen molar-refractivity contribution in [3.05, 3.63) is 65.7 Å². The Balaban J connectivity index is 2.20. The SMILES string of the molecule is CCC(C)C(NC(=O)C(N)Cc1ccc(O)cc1)C(=O)NC(Cc1ccccc1)C(=O)NC(CCSC)C(=O)O. The minimum atomic E-state index is -1.15. The molecule has 0 radical (unpaired) electrons. The van der Waals surface area contributed by atoms with Crippen molar-refractivity contribution in [1.29, 1.82) is 0 Å². The molecular weight excluding hydrogens is 532 g/mol. The number of nitrogens with one attached hydrogen (secondary N) is 3. The number of carboxylic acid groups (broad SMARTS) is 1. The van der Waals surface area contributed by atoms with Gasteiger partial charge in [0.2, 0.25) is 17.7 Å². The molecule has 0 saturated heterocycles. The molecule has 0 aliphatic rings. The highest BCUT2D eigenvalue weighted by molar-refractivity contribution is 7.98. The quantitative estimate of drug-likeness (QED) is 0.177. The highest BCUT2D eigenvalue weighted by atomic mass is 32.2. The van der Waals surface area contributed by atoms with Gasteiger partial charge >= 0.3 is 5.97 Å². The average Bonchev–Trinajstić information content (AvgIpc) is 2.94. The lowest BCUT2D eigenvalue weighted by Gasteiger charge is -2.28. The third-order valence-corrected chi connectivity index (χ3v) is 7.31. The number of hydrogen-bond acceptors (Lipinski definition) is 7. The zero-order valence-corrected chi connectivity index (χ0v) is 23.9. The summed E-state index contributed by atoms with van der Waals surface area (Å²) in [5.41, 5.74) is 7.65. The second-order valence-corrected chi connectivity index (χ2v) is 10.8. The maximum Gasteiger partial charge on any atom is 0.326 e. The van der Waals surface area contributed by atoms with Crippen molar-refractivity contribution >= 4 is 35.5 Å². The second-order valence-electron chi connectivity index (χ2n) is 9.78. The van der Waals surface area contributed by atoms with Gasteiger partial charge in [0, 0.05) is 6.42 Å². The van der Waals surface area contributed by atoms with E-state index < -0.39 is 47.9 Å². The molecular formula is C29H40N4O6S. The van der Waals surface area contributed by atoms with Gasteiger partial charge in [0.15, 0.2) is 0 Å². The first-order chi connectivity index (χ1) is 19.0. The van der Waals surface area contributed by atoms with Gasteiger partial charge in [0.05, 0.1) is 6.04 Å². The zero-order chi connectivity index (χ0) is 29.7. The van der Waals surface area contributed by atoms with Crippen LogP contribution in [0.1, 0.15) is 37.8 Å². The average molecular weight is 573 g/mol. The van der Waals surface area contributed by atoms with Gasteiger partial charge in [-0.25, -0.2) is 4.79 Å². The van der Waals surface area contributed by atoms with E-state index in [-0.39, 0.29) is 30.9 Å². The summed E-state index contributed by atoms with van der Waals surface area (Å²) in [5, 5.41) is 27.1. The van der Waals surface area contributed by atoms with Crippen molar-refractivity contribution in [1.82, 2.24) is 16.0 Å². The Kier molecular flexibility index (Phi) is 13.5. The summed E-state index contributed by atoms with van der Waals surface area (Å²) < 4.78 is 0. The number of nitrogens with two attached hydrogens (primary N) is 1. The fourth-order valence-electron chi connectivity index (χ4n) is 4.03. The van der Waals surface area contributed by atoms with Crippen LogP contribution < -0.4 is 21.7 Å². The highest BCUT2D eigenvalue weighted by Crippen LogP contribution is 2.13. The first-order valence-electron chi connectivity index (χ1n) is 13.3. The standard InChI is InChI=1S/C29H40N4O6S/c1-4-18(2)25(33-26(35)22(30)16-20-10-12-21(34)13-11-20)28(37)32-24(17-19-8-6-5-7-9-19)27(36)31-23(29(38)39)14-15-40-3/h5-13,18,22-25,34H,4,14-17,30H2,1-3H3,(H,31,36)(H,32,37)(H,33,35)(H,38,39). The molecule has 3 amide bonds. The van der Waals surface area contributed by atoms with Crippen LogP contribution in [0.15, 0.2) is 54.6 Å². The predicted molar refractivity (Wildman–Crippen MR) is 156 cm³/mol. The Labute approximate surface area is 239 Å². The van der Waals surface area contributed by atoms with Crippen LogP contribution in [-0.4, -0.2) is 70.1 Å². The van der Waals surface area contributed by atoms with E-state index in [4.69, 9.17) is 5.73 Å². The minimum Gasteiger partial charge on any atom is -0.508 e. The van der Waals surface area contributed by atoms with E-state index >= 15 is 0 Å². The summed E-state index contributed by atoms with van der Waals surface area (Å²) in [4.78, 5) is 51.5. The molecule has 0 fully saturated rings. The predicted octanol–water partition coefficient (Wildman–Crippen LogP) is 1.84. The normalized spacial score (nSPS) is 14.7. The number of hydrogen-bond donors (Lipinski definition) is 6. The van der Waals surface area contributed by atoms with Crippen LogP contribution in [0, 0.1) is 5.92 Å². The molecule has 5 unspecified atom stereocenters. The molecule has 0 aliphatic carbocycles. The van der Waals surface area contributed by atoms with Crippen molar-refractivity contribution in [3.8, 4) is 5.75 Å². The molecule has 10 nitrogen and oxygen atoms in total. The van der Waals surface area contributed by atoms with Gasteiger partial charge in [0.1, 0.15) is 23.9 Å². The van der Waals surface area contributed by atoms with E-state index in [1.165, 1.54) is 23.9 Å². The number of aliphatic carboxylic acids is 1. The Morgan fingerprint density at radius 1 is 0.850 bits per heavy atom. The highest BCUT2D eigenvalue weighted by Gasteiger charge is 2.32. The molecule has 2 aromatic carbocycles. The topological polar surface area (TPSA) is 171 Å². The lowest BCUT2D eigenvalue weighted by atomic mass is 9.96. The third kappa shape index (κ3) is 10.5. The van der Waals surface area contributed by atoms with Gasteiger partial charge in [0.25, 0.3) is 0 Å². The molecule has 0 aliphatic heterocycles. The monoisotopic (exact) mass is 572 g/mol. The van der Waals surface area contributed by atoms with Crippen LogP contribution in [-0.2, 0) is 32.0 Å². The molecule has 2 rings (SSSR count). The van der Waals surface area contributed by atoms with E-state index in [2.05, 4.69) is 16.0 Å². The number of phenolic OH excluding ortho intramolecular Hbond substituents is 1. The lowest BCUT2D eigenvalue weighted by Crippen LogP contribution is -2.59. The first kappa shape index (κ1) is 32.6. The van der Waals surface area contributed by atoms with E-state index in [1.54, 1.807) is 12.1 Å². The van der Waals surface area contributed by atoms with E-state index in [0.717, 1.165) is 11.1 Å². The number of carbonyl (C=O) groups excluding carboxylic acids is 3. The maximum absolute atomic E-state index is 13.5. The van der Waals surface area contributed by atoms with Crippen LogP contribution >= 0.6 is 11.8 Å². The third-order valence-electron chi connectivity index (χ3n) is 6.66. The summed E-state index contributed by atoms with van der Waals surface area (Å²) in [6.45, 7) is 3.69. The molecule has 40 heavy (non-hydrogen) atoms. The summed E-state index contributed by atoms with van der Waals surface area (Å²) in [7, 11) is 0. The number of aromatic hydroxyl groups is 1. The first-order valence-corrected chi connectivity index (χ1v) is 14.6. The van der Waals surface area contributed by atoms with Crippen molar-refractivity contribution in [2.24, 2.45) is 11.7 Å². The zero-order valence-electron chi connectivity index (χ0n) is 23.1. The van der Waals surface area contributed by atoms with Gasteiger partial charge in [-0.15, -0.1) is 0 Å². The molecule has 7 N–H and O–H groups in total. The van der Waals surface area contributed by atoms with Crippen LogP contribution in [0.25, 0.3) is 0 Å². The Morgan fingerprint density at radius 2 is 1.45 bits per heavy atom. The number of amides is 3. The smallest absolute Gasteiger partial charge is 0.326 e. The fraction of sp³-hybridized carbons (Fsp3) is 0.448. The summed E-state index contributed by atoms with van der Waals surface area (Å²) in [5.74, 6) is -2.50. The molecule has 11 heteroatoms. The molecule has 218 valence electrons. The Morgan fingerprint density at radius 3 is 2.02 bits per heavy atom. The number of thioether (sulfide) groups is 1. The number of rotatable bonds is 16. The Hall–Kier alpha value is -3.57. The van der Waals surface area contributed by atoms with Gasteiger partial charge in [-0.3, -0.25) is 14.4 Å². The van der Waals surface area contributed by atoms with E-state index in [1.807, 2.05) is 50.4 Å².